The molecule has 1 atom stereocenters. The number of carboxylic acids is 1. The van der Waals surface area contributed by atoms with Crippen molar-refractivity contribution in [1.29, 1.82) is 0 Å². The summed E-state index contributed by atoms with van der Waals surface area (Å²) in [6.45, 7) is 3.65. The molecule has 0 bridgehead atoms. The highest BCUT2D eigenvalue weighted by atomic mass is 16.5. The molecule has 1 N–H and O–H groups in total. The molecular weight excluding hydrogens is 254 g/mol. The minimum atomic E-state index is -0.775. The van der Waals surface area contributed by atoms with E-state index in [0.717, 1.165) is 17.4 Å². The SMILES string of the molecule is CCCCCCCCCO[C@H](CC(=O)O)C[N+](C)(C)C. The van der Waals surface area contributed by atoms with E-state index in [4.69, 9.17) is 9.84 Å². The summed E-state index contributed by atoms with van der Waals surface area (Å²) < 4.78 is 6.49. The summed E-state index contributed by atoms with van der Waals surface area (Å²) in [5.74, 6) is -0.775. The van der Waals surface area contributed by atoms with Crippen LogP contribution in [0.2, 0.25) is 0 Å². The van der Waals surface area contributed by atoms with Crippen LogP contribution in [-0.4, -0.2) is 56.0 Å². The molecule has 0 heterocycles. The summed E-state index contributed by atoms with van der Waals surface area (Å²) in [6.07, 6.45) is 8.69. The number of aliphatic carboxylic acids is 1. The summed E-state index contributed by atoms with van der Waals surface area (Å²) in [6, 6.07) is 0. The smallest absolute Gasteiger partial charge is 0.306 e. The number of quaternary nitrogens is 1. The molecule has 0 aromatic rings. The molecule has 0 aliphatic rings. The van der Waals surface area contributed by atoms with Gasteiger partial charge in [0.1, 0.15) is 12.6 Å². The molecule has 4 nitrogen and oxygen atoms in total. The van der Waals surface area contributed by atoms with Crippen molar-refractivity contribution in [2.75, 3.05) is 34.3 Å². The Labute approximate surface area is 124 Å². The maximum absolute atomic E-state index is 10.8. The largest absolute Gasteiger partial charge is 0.481 e. The van der Waals surface area contributed by atoms with Gasteiger partial charge >= 0.3 is 5.97 Å². The molecule has 0 spiro atoms. The topological polar surface area (TPSA) is 46.5 Å². The van der Waals surface area contributed by atoms with Crippen LogP contribution in [0.3, 0.4) is 0 Å². The van der Waals surface area contributed by atoms with E-state index < -0.39 is 5.97 Å². The fourth-order valence-corrected chi connectivity index (χ4v) is 2.29. The number of carboxylic acid groups (broad SMARTS) is 1. The van der Waals surface area contributed by atoms with E-state index in [1.54, 1.807) is 0 Å². The number of hydrogen-bond acceptors (Lipinski definition) is 2. The van der Waals surface area contributed by atoms with Crippen molar-refractivity contribution < 1.29 is 19.1 Å². The van der Waals surface area contributed by atoms with Crippen LogP contribution >= 0.6 is 0 Å². The highest BCUT2D eigenvalue weighted by Gasteiger charge is 2.21. The lowest BCUT2D eigenvalue weighted by Crippen LogP contribution is -2.43. The molecule has 20 heavy (non-hydrogen) atoms. The van der Waals surface area contributed by atoms with Crippen LogP contribution in [0.5, 0.6) is 0 Å². The lowest BCUT2D eigenvalue weighted by Gasteiger charge is -2.28. The first-order chi connectivity index (χ1) is 9.35. The summed E-state index contributed by atoms with van der Waals surface area (Å²) >= 11 is 0. The van der Waals surface area contributed by atoms with E-state index in [2.05, 4.69) is 28.1 Å². The van der Waals surface area contributed by atoms with E-state index in [1.165, 1.54) is 38.5 Å². The van der Waals surface area contributed by atoms with Gasteiger partial charge < -0.3 is 14.3 Å². The van der Waals surface area contributed by atoms with Crippen LogP contribution in [0, 0.1) is 0 Å². The van der Waals surface area contributed by atoms with Crippen molar-refractivity contribution in [2.24, 2.45) is 0 Å². The summed E-state index contributed by atoms with van der Waals surface area (Å²) in [5.41, 5.74) is 0. The monoisotopic (exact) mass is 288 g/mol. The Morgan fingerprint density at radius 1 is 1.05 bits per heavy atom. The maximum Gasteiger partial charge on any atom is 0.306 e. The third-order valence-electron chi connectivity index (χ3n) is 3.26. The first-order valence-corrected chi connectivity index (χ1v) is 7.99. The normalized spacial score (nSPS) is 13.4. The van der Waals surface area contributed by atoms with Gasteiger partial charge in [0, 0.05) is 6.61 Å². The zero-order chi connectivity index (χ0) is 15.4. The molecule has 0 unspecified atom stereocenters. The van der Waals surface area contributed by atoms with Crippen LogP contribution in [-0.2, 0) is 9.53 Å². The number of carbonyl (C=O) groups is 1. The first kappa shape index (κ1) is 19.4. The molecule has 120 valence electrons. The summed E-state index contributed by atoms with van der Waals surface area (Å²) in [4.78, 5) is 10.8. The number of rotatable bonds is 13. The van der Waals surface area contributed by atoms with Gasteiger partial charge in [0.25, 0.3) is 0 Å². The number of likely N-dealkylation sites (N-methyl/N-ethyl adjacent to an activating group) is 1. The highest BCUT2D eigenvalue weighted by Crippen LogP contribution is 2.09. The lowest BCUT2D eigenvalue weighted by molar-refractivity contribution is -0.873. The van der Waals surface area contributed by atoms with E-state index in [9.17, 15) is 4.79 Å². The van der Waals surface area contributed by atoms with Gasteiger partial charge in [-0.2, -0.15) is 0 Å². The lowest BCUT2D eigenvalue weighted by atomic mass is 10.1. The quantitative estimate of drug-likeness (QED) is 0.418. The van der Waals surface area contributed by atoms with Gasteiger partial charge in [-0.1, -0.05) is 45.4 Å². The van der Waals surface area contributed by atoms with Gasteiger partial charge in [0.05, 0.1) is 27.6 Å². The zero-order valence-electron chi connectivity index (χ0n) is 13.9. The summed E-state index contributed by atoms with van der Waals surface area (Å²) in [7, 11) is 6.18. The molecule has 0 saturated heterocycles. The Hall–Kier alpha value is -0.610. The Morgan fingerprint density at radius 3 is 2.10 bits per heavy atom. The van der Waals surface area contributed by atoms with Gasteiger partial charge in [0.2, 0.25) is 0 Å². The van der Waals surface area contributed by atoms with Crippen LogP contribution in [0.4, 0.5) is 0 Å². The van der Waals surface area contributed by atoms with Gasteiger partial charge in [-0.25, -0.2) is 0 Å². The van der Waals surface area contributed by atoms with Crippen LogP contribution in [0.15, 0.2) is 0 Å². The van der Waals surface area contributed by atoms with Crippen molar-refractivity contribution in [3.63, 3.8) is 0 Å². The van der Waals surface area contributed by atoms with Gasteiger partial charge in [-0.3, -0.25) is 4.79 Å². The maximum atomic E-state index is 10.8. The molecule has 0 aromatic heterocycles. The predicted octanol–water partition coefficient (Wildman–Crippen LogP) is 3.30. The fraction of sp³-hybridized carbons (Fsp3) is 0.938. The minimum absolute atomic E-state index is 0.103. The van der Waals surface area contributed by atoms with Crippen molar-refractivity contribution >= 4 is 5.97 Å². The molecule has 0 rings (SSSR count). The van der Waals surface area contributed by atoms with Gasteiger partial charge in [0.15, 0.2) is 0 Å². The molecule has 0 amide bonds. The average molecular weight is 288 g/mol. The van der Waals surface area contributed by atoms with Crippen LogP contribution in [0.1, 0.15) is 58.3 Å². The van der Waals surface area contributed by atoms with Crippen LogP contribution in [0.25, 0.3) is 0 Å². The van der Waals surface area contributed by atoms with Crippen LogP contribution < -0.4 is 0 Å². The molecule has 0 fully saturated rings. The number of unbranched alkanes of at least 4 members (excludes halogenated alkanes) is 6. The second kappa shape index (κ2) is 11.1. The highest BCUT2D eigenvalue weighted by molar-refractivity contribution is 5.67. The predicted molar refractivity (Wildman–Crippen MR) is 82.9 cm³/mol. The number of hydrogen-bond donors (Lipinski definition) is 1. The minimum Gasteiger partial charge on any atom is -0.481 e. The molecule has 0 radical (unpaired) electrons. The summed E-state index contributed by atoms with van der Waals surface area (Å²) in [5, 5.41) is 8.92. The second-order valence-corrected chi connectivity index (χ2v) is 6.68. The Morgan fingerprint density at radius 2 is 1.60 bits per heavy atom. The molecule has 0 aliphatic carbocycles. The third kappa shape index (κ3) is 13.8. The zero-order valence-corrected chi connectivity index (χ0v) is 13.9. The fourth-order valence-electron chi connectivity index (χ4n) is 2.29. The molecule has 4 heteroatoms. The molecule has 0 saturated carbocycles. The van der Waals surface area contributed by atoms with Crippen molar-refractivity contribution in [3.05, 3.63) is 0 Å². The molecular formula is C16H34NO3+. The van der Waals surface area contributed by atoms with Gasteiger partial charge in [-0.05, 0) is 6.42 Å². The second-order valence-electron chi connectivity index (χ2n) is 6.68. The molecule has 0 aliphatic heterocycles. The first-order valence-electron chi connectivity index (χ1n) is 7.99. The standard InChI is InChI=1S/C16H33NO3/c1-5-6-7-8-9-10-11-12-20-15(13-16(18)19)14-17(2,3)4/h15H,5-14H2,1-4H3/p+1/t15-/m1/s1. The van der Waals surface area contributed by atoms with E-state index in [1.807, 2.05) is 0 Å². The van der Waals surface area contributed by atoms with Gasteiger partial charge in [-0.15, -0.1) is 0 Å². The van der Waals surface area contributed by atoms with E-state index >= 15 is 0 Å². The Kier molecular flexibility index (Phi) is 10.8. The van der Waals surface area contributed by atoms with Crippen molar-refractivity contribution in [1.82, 2.24) is 0 Å². The molecule has 0 aromatic carbocycles. The Balaban J connectivity index is 3.71. The van der Waals surface area contributed by atoms with Crippen molar-refractivity contribution in [3.8, 4) is 0 Å². The van der Waals surface area contributed by atoms with Crippen molar-refractivity contribution in [2.45, 2.75) is 64.4 Å². The third-order valence-corrected chi connectivity index (χ3v) is 3.26. The number of ether oxygens (including phenoxy) is 1. The average Bonchev–Trinajstić information content (AvgIpc) is 2.29. The van der Waals surface area contributed by atoms with E-state index in [-0.39, 0.29) is 12.5 Å². The number of nitrogens with zero attached hydrogens (tertiary/aromatic N) is 1. The van der Waals surface area contributed by atoms with E-state index in [0.29, 0.717) is 6.61 Å². The Bertz CT molecular complexity index is 249.